The minimum Gasteiger partial charge on any atom is -0.406 e. The van der Waals surface area contributed by atoms with Crippen LogP contribution in [0, 0.1) is 6.57 Å². The van der Waals surface area contributed by atoms with E-state index in [-0.39, 0.29) is 12.2 Å². The fourth-order valence-corrected chi connectivity index (χ4v) is 2.94. The van der Waals surface area contributed by atoms with Crippen molar-refractivity contribution in [2.24, 2.45) is 0 Å². The van der Waals surface area contributed by atoms with Gasteiger partial charge in [0.2, 0.25) is 0 Å². The van der Waals surface area contributed by atoms with E-state index in [1.807, 2.05) is 0 Å². The predicted octanol–water partition coefficient (Wildman–Crippen LogP) is 6.03. The predicted molar refractivity (Wildman–Crippen MR) is 99.6 cm³/mol. The highest BCUT2D eigenvalue weighted by molar-refractivity contribution is 5.66. The van der Waals surface area contributed by atoms with Gasteiger partial charge in [-0.05, 0) is 29.3 Å². The first-order valence-corrected chi connectivity index (χ1v) is 8.62. The van der Waals surface area contributed by atoms with Crippen LogP contribution >= 0.6 is 0 Å². The molecule has 0 saturated heterocycles. The number of ether oxygens (including phenoxy) is 1. The van der Waals surface area contributed by atoms with Crippen molar-refractivity contribution in [3.05, 3.63) is 93.6 Å². The van der Waals surface area contributed by atoms with Crippen LogP contribution in [0.15, 0.2) is 65.5 Å². The molecule has 0 amide bonds. The molecule has 0 aliphatic heterocycles. The van der Waals surface area contributed by atoms with E-state index < -0.39 is 35.1 Å². The first-order valence-electron chi connectivity index (χ1n) is 8.62. The Balaban J connectivity index is 2.13. The van der Waals surface area contributed by atoms with Crippen molar-refractivity contribution >= 4 is 5.69 Å². The fourth-order valence-electron chi connectivity index (χ4n) is 2.94. The monoisotopic (exact) mass is 438 g/mol. The van der Waals surface area contributed by atoms with Gasteiger partial charge in [-0.15, -0.1) is 13.2 Å². The Bertz CT molecular complexity index is 1170. The molecule has 1 aromatic heterocycles. The van der Waals surface area contributed by atoms with Gasteiger partial charge >= 0.3 is 12.5 Å². The molecule has 0 aliphatic carbocycles. The largest absolute Gasteiger partial charge is 0.573 e. The van der Waals surface area contributed by atoms with Gasteiger partial charge in [0.1, 0.15) is 5.75 Å². The first kappa shape index (κ1) is 22.0. The minimum atomic E-state index is -4.92. The summed E-state index contributed by atoms with van der Waals surface area (Å²) in [5.41, 5.74) is -3.04. The Morgan fingerprint density at radius 1 is 0.935 bits per heavy atom. The Labute approximate surface area is 171 Å². The number of rotatable bonds is 4. The molecule has 0 N–H and O–H groups in total. The number of aromatic nitrogens is 1. The lowest BCUT2D eigenvalue weighted by Gasteiger charge is -2.18. The van der Waals surface area contributed by atoms with Gasteiger partial charge < -0.3 is 9.30 Å². The molecule has 160 valence electrons. The summed E-state index contributed by atoms with van der Waals surface area (Å²) in [6, 6.07) is 13.1. The lowest BCUT2D eigenvalue weighted by atomic mass is 10.1. The standard InChI is InChI=1S/C21H12F6N2O2/c1-28-18-16(20(22,23)24)11-17(14-5-3-2-4-6-14)29(19(18)30)12-13-7-9-15(10-8-13)31-21(25,26)27/h2-11H,12H2. The van der Waals surface area contributed by atoms with Gasteiger partial charge in [-0.2, -0.15) is 13.2 Å². The average molecular weight is 438 g/mol. The third kappa shape index (κ3) is 5.06. The smallest absolute Gasteiger partial charge is 0.406 e. The second-order valence-corrected chi connectivity index (χ2v) is 6.35. The molecule has 31 heavy (non-hydrogen) atoms. The molecule has 1 heterocycles. The topological polar surface area (TPSA) is 35.6 Å². The molecule has 0 saturated carbocycles. The highest BCUT2D eigenvalue weighted by Gasteiger charge is 2.36. The molecule has 0 atom stereocenters. The zero-order valence-corrected chi connectivity index (χ0v) is 15.5. The van der Waals surface area contributed by atoms with E-state index >= 15 is 0 Å². The number of halogens is 6. The van der Waals surface area contributed by atoms with Gasteiger partial charge in [-0.1, -0.05) is 42.5 Å². The summed E-state index contributed by atoms with van der Waals surface area (Å²) in [6.07, 6.45) is -9.80. The Kier molecular flexibility index (Phi) is 5.79. The van der Waals surface area contributed by atoms with E-state index in [9.17, 15) is 31.1 Å². The summed E-state index contributed by atoms with van der Waals surface area (Å²) in [5, 5.41) is 0. The molecule has 0 aliphatic rings. The average Bonchev–Trinajstić information content (AvgIpc) is 2.69. The van der Waals surface area contributed by atoms with Crippen molar-refractivity contribution in [1.82, 2.24) is 4.57 Å². The van der Waals surface area contributed by atoms with Crippen molar-refractivity contribution in [3.63, 3.8) is 0 Å². The van der Waals surface area contributed by atoms with Crippen molar-refractivity contribution in [1.29, 1.82) is 0 Å². The molecule has 0 bridgehead atoms. The highest BCUT2D eigenvalue weighted by Crippen LogP contribution is 2.37. The van der Waals surface area contributed by atoms with Gasteiger partial charge in [-0.3, -0.25) is 4.79 Å². The lowest BCUT2D eigenvalue weighted by molar-refractivity contribution is -0.274. The van der Waals surface area contributed by atoms with Crippen LogP contribution in [0.2, 0.25) is 0 Å². The van der Waals surface area contributed by atoms with Crippen LogP contribution in [0.1, 0.15) is 11.1 Å². The number of benzene rings is 2. The van der Waals surface area contributed by atoms with Crippen LogP contribution in [0.4, 0.5) is 32.0 Å². The number of hydrogen-bond acceptors (Lipinski definition) is 2. The lowest BCUT2D eigenvalue weighted by Crippen LogP contribution is -2.25. The van der Waals surface area contributed by atoms with Gasteiger partial charge in [0.25, 0.3) is 11.2 Å². The second kappa shape index (κ2) is 8.18. The SMILES string of the molecule is [C-]#[N+]c1c(C(F)(F)F)cc(-c2ccccc2)n(Cc2ccc(OC(F)(F)F)cc2)c1=O. The van der Waals surface area contributed by atoms with Gasteiger partial charge in [0, 0.05) is 12.2 Å². The normalized spacial score (nSPS) is 11.8. The Hall–Kier alpha value is -3.74. The van der Waals surface area contributed by atoms with Crippen LogP contribution in [0.5, 0.6) is 5.75 Å². The van der Waals surface area contributed by atoms with E-state index in [0.717, 1.165) is 22.8 Å². The first-order chi connectivity index (χ1) is 14.5. The van der Waals surface area contributed by atoms with E-state index in [2.05, 4.69) is 9.58 Å². The third-order valence-electron chi connectivity index (χ3n) is 4.26. The van der Waals surface area contributed by atoms with Crippen molar-refractivity contribution in [3.8, 4) is 17.0 Å². The van der Waals surface area contributed by atoms with Crippen LogP contribution in [0.3, 0.4) is 0 Å². The van der Waals surface area contributed by atoms with Crippen LogP contribution < -0.4 is 10.3 Å². The molecule has 0 spiro atoms. The van der Waals surface area contributed by atoms with Crippen molar-refractivity contribution in [2.45, 2.75) is 19.1 Å². The van der Waals surface area contributed by atoms with E-state index in [0.29, 0.717) is 11.1 Å². The fraction of sp³-hybridized carbons (Fsp3) is 0.143. The van der Waals surface area contributed by atoms with Crippen LogP contribution in [-0.2, 0) is 12.7 Å². The molecular formula is C21H12F6N2O2. The minimum absolute atomic E-state index is 0.0825. The highest BCUT2D eigenvalue weighted by atomic mass is 19.4. The molecule has 4 nitrogen and oxygen atoms in total. The Morgan fingerprint density at radius 3 is 2.06 bits per heavy atom. The zero-order chi connectivity index (χ0) is 22.8. The van der Waals surface area contributed by atoms with E-state index in [1.54, 1.807) is 18.2 Å². The summed E-state index contributed by atoms with van der Waals surface area (Å²) < 4.78 is 82.1. The van der Waals surface area contributed by atoms with E-state index in [4.69, 9.17) is 6.57 Å². The maximum Gasteiger partial charge on any atom is 0.573 e. The van der Waals surface area contributed by atoms with Crippen LogP contribution in [-0.4, -0.2) is 10.9 Å². The molecule has 0 unspecified atom stereocenters. The molecule has 0 radical (unpaired) electrons. The summed E-state index contributed by atoms with van der Waals surface area (Å²) in [5.74, 6) is -0.485. The molecule has 3 rings (SSSR count). The summed E-state index contributed by atoms with van der Waals surface area (Å²) in [4.78, 5) is 15.6. The maximum atomic E-state index is 13.5. The number of hydrogen-bond donors (Lipinski definition) is 0. The molecule has 3 aromatic rings. The van der Waals surface area contributed by atoms with Gasteiger partial charge in [0.15, 0.2) is 0 Å². The second-order valence-electron chi connectivity index (χ2n) is 6.35. The third-order valence-corrected chi connectivity index (χ3v) is 4.26. The number of nitrogens with zero attached hydrogens (tertiary/aromatic N) is 2. The van der Waals surface area contributed by atoms with Crippen LogP contribution in [0.25, 0.3) is 16.1 Å². The van der Waals surface area contributed by atoms with E-state index in [1.165, 1.54) is 24.3 Å². The number of alkyl halides is 6. The summed E-state index contributed by atoms with van der Waals surface area (Å²) >= 11 is 0. The quantitative estimate of drug-likeness (QED) is 0.368. The number of pyridine rings is 1. The molecule has 2 aromatic carbocycles. The summed E-state index contributed by atoms with van der Waals surface area (Å²) in [6.45, 7) is 6.79. The Morgan fingerprint density at radius 2 is 1.55 bits per heavy atom. The molecule has 0 fully saturated rings. The van der Waals surface area contributed by atoms with Gasteiger partial charge in [0.05, 0.1) is 12.1 Å². The molecule has 10 heteroatoms. The summed E-state index contributed by atoms with van der Waals surface area (Å²) in [7, 11) is 0. The van der Waals surface area contributed by atoms with Crippen molar-refractivity contribution in [2.75, 3.05) is 0 Å². The molecular weight excluding hydrogens is 426 g/mol. The van der Waals surface area contributed by atoms with Crippen molar-refractivity contribution < 1.29 is 31.1 Å². The van der Waals surface area contributed by atoms with Gasteiger partial charge in [-0.25, -0.2) is 4.85 Å². The zero-order valence-electron chi connectivity index (χ0n) is 15.5. The maximum absolute atomic E-state index is 13.5.